The van der Waals surface area contributed by atoms with E-state index in [4.69, 9.17) is 9.47 Å². The zero-order valence-electron chi connectivity index (χ0n) is 12.0. The summed E-state index contributed by atoms with van der Waals surface area (Å²) < 4.78 is 10.4. The molecule has 1 N–H and O–H groups in total. The van der Waals surface area contributed by atoms with Crippen molar-refractivity contribution in [2.24, 2.45) is 0 Å². The fourth-order valence-corrected chi connectivity index (χ4v) is 2.56. The van der Waals surface area contributed by atoms with Crippen LogP contribution in [-0.4, -0.2) is 63.9 Å². The Hall–Kier alpha value is -0.650. The summed E-state index contributed by atoms with van der Waals surface area (Å²) in [7, 11) is 7.20. The van der Waals surface area contributed by atoms with Gasteiger partial charge in [-0.3, -0.25) is 4.79 Å². The topological polar surface area (TPSA) is 50.8 Å². The summed E-state index contributed by atoms with van der Waals surface area (Å²) in [6, 6.07) is 0. The number of likely N-dealkylation sites (N-methyl/N-ethyl adjacent to an activating group) is 1. The normalized spacial score (nSPS) is 28.4. The molecule has 1 aliphatic rings. The fourth-order valence-electron chi connectivity index (χ4n) is 2.56. The van der Waals surface area contributed by atoms with E-state index in [0.717, 1.165) is 32.4 Å². The third kappa shape index (κ3) is 3.93. The van der Waals surface area contributed by atoms with Gasteiger partial charge in [-0.1, -0.05) is 0 Å². The lowest BCUT2D eigenvalue weighted by Crippen LogP contribution is -2.57. The van der Waals surface area contributed by atoms with Crippen LogP contribution in [0.4, 0.5) is 0 Å². The number of nitrogens with one attached hydrogen (secondary N) is 1. The minimum Gasteiger partial charge on any atom is -0.468 e. The van der Waals surface area contributed by atoms with Crippen molar-refractivity contribution in [3.05, 3.63) is 0 Å². The Morgan fingerprint density at radius 3 is 2.72 bits per heavy atom. The second kappa shape index (κ2) is 7.07. The molecule has 5 nitrogen and oxygen atoms in total. The summed E-state index contributed by atoms with van der Waals surface area (Å²) >= 11 is 0. The predicted molar refractivity (Wildman–Crippen MR) is 70.6 cm³/mol. The summed E-state index contributed by atoms with van der Waals surface area (Å²) in [5.74, 6) is -0.164. The van der Waals surface area contributed by atoms with Gasteiger partial charge in [0.15, 0.2) is 0 Å². The number of esters is 1. The highest BCUT2D eigenvalue weighted by Gasteiger charge is 2.43. The van der Waals surface area contributed by atoms with Gasteiger partial charge in [0, 0.05) is 26.6 Å². The molecule has 2 unspecified atom stereocenters. The smallest absolute Gasteiger partial charge is 0.326 e. The zero-order chi connectivity index (χ0) is 13.6. The Labute approximate surface area is 110 Å². The van der Waals surface area contributed by atoms with Crippen molar-refractivity contribution >= 4 is 5.97 Å². The summed E-state index contributed by atoms with van der Waals surface area (Å²) in [6.45, 7) is 1.68. The first kappa shape index (κ1) is 15.4. The number of hydrogen-bond acceptors (Lipinski definition) is 5. The molecule has 0 aromatic heterocycles. The Kier molecular flexibility index (Phi) is 6.05. The molecule has 1 fully saturated rings. The van der Waals surface area contributed by atoms with Crippen LogP contribution in [0, 0.1) is 0 Å². The maximum Gasteiger partial charge on any atom is 0.326 e. The van der Waals surface area contributed by atoms with E-state index in [9.17, 15) is 4.79 Å². The Bertz CT molecular complexity index is 271. The number of hydrogen-bond donors (Lipinski definition) is 1. The van der Waals surface area contributed by atoms with Crippen molar-refractivity contribution in [3.8, 4) is 0 Å². The average molecular weight is 258 g/mol. The Balaban J connectivity index is 2.66. The molecule has 0 heterocycles. The molecule has 106 valence electrons. The van der Waals surface area contributed by atoms with Crippen LogP contribution in [0.3, 0.4) is 0 Å². The van der Waals surface area contributed by atoms with Gasteiger partial charge >= 0.3 is 5.97 Å². The van der Waals surface area contributed by atoms with Crippen LogP contribution in [0.15, 0.2) is 0 Å². The van der Waals surface area contributed by atoms with Crippen LogP contribution in [0.5, 0.6) is 0 Å². The van der Waals surface area contributed by atoms with Crippen LogP contribution < -0.4 is 5.32 Å². The molecular weight excluding hydrogens is 232 g/mol. The zero-order valence-corrected chi connectivity index (χ0v) is 12.0. The van der Waals surface area contributed by atoms with Gasteiger partial charge in [-0.15, -0.1) is 0 Å². The monoisotopic (exact) mass is 258 g/mol. The van der Waals surface area contributed by atoms with E-state index >= 15 is 0 Å². The number of carbonyl (C=O) groups is 1. The molecule has 2 atom stereocenters. The molecule has 0 aromatic rings. The van der Waals surface area contributed by atoms with Crippen molar-refractivity contribution in [2.45, 2.75) is 37.3 Å². The number of carbonyl (C=O) groups excluding carboxylic acids is 1. The van der Waals surface area contributed by atoms with Crippen molar-refractivity contribution < 1.29 is 14.3 Å². The number of nitrogens with zero attached hydrogens (tertiary/aromatic N) is 1. The molecule has 0 radical (unpaired) electrons. The average Bonchev–Trinajstić information content (AvgIpc) is 2.37. The summed E-state index contributed by atoms with van der Waals surface area (Å²) in [6.07, 6.45) is 3.67. The molecular formula is C13H26N2O3. The van der Waals surface area contributed by atoms with E-state index in [0.29, 0.717) is 6.42 Å². The van der Waals surface area contributed by atoms with Gasteiger partial charge in [0.25, 0.3) is 0 Å². The van der Waals surface area contributed by atoms with Crippen LogP contribution >= 0.6 is 0 Å². The van der Waals surface area contributed by atoms with E-state index in [1.807, 2.05) is 14.1 Å². The molecule has 0 spiro atoms. The van der Waals surface area contributed by atoms with Crippen LogP contribution in [0.2, 0.25) is 0 Å². The summed E-state index contributed by atoms with van der Waals surface area (Å²) in [4.78, 5) is 14.2. The van der Waals surface area contributed by atoms with Gasteiger partial charge in [-0.2, -0.15) is 0 Å². The van der Waals surface area contributed by atoms with Crippen LogP contribution in [0.25, 0.3) is 0 Å². The van der Waals surface area contributed by atoms with E-state index < -0.39 is 5.54 Å². The lowest BCUT2D eigenvalue weighted by Gasteiger charge is -2.39. The van der Waals surface area contributed by atoms with E-state index in [-0.39, 0.29) is 12.1 Å². The SMILES string of the molecule is COC(=O)C1(NCCN(C)C)CCCC(OC)C1. The molecule has 5 heteroatoms. The van der Waals surface area contributed by atoms with Gasteiger partial charge in [-0.05, 0) is 33.4 Å². The number of ether oxygens (including phenoxy) is 2. The van der Waals surface area contributed by atoms with E-state index in [2.05, 4.69) is 10.2 Å². The fraction of sp³-hybridized carbons (Fsp3) is 0.923. The number of methoxy groups -OCH3 is 2. The molecule has 0 amide bonds. The Morgan fingerprint density at radius 2 is 2.17 bits per heavy atom. The van der Waals surface area contributed by atoms with E-state index in [1.54, 1.807) is 7.11 Å². The maximum atomic E-state index is 12.1. The quantitative estimate of drug-likeness (QED) is 0.709. The van der Waals surface area contributed by atoms with Crippen LogP contribution in [0.1, 0.15) is 25.7 Å². The van der Waals surface area contributed by atoms with Gasteiger partial charge in [-0.25, -0.2) is 0 Å². The minimum atomic E-state index is -0.566. The molecule has 0 aliphatic heterocycles. The molecule has 0 saturated heterocycles. The molecule has 18 heavy (non-hydrogen) atoms. The van der Waals surface area contributed by atoms with Crippen molar-refractivity contribution in [1.82, 2.24) is 10.2 Å². The second-order valence-electron chi connectivity index (χ2n) is 5.26. The highest BCUT2D eigenvalue weighted by atomic mass is 16.5. The first-order valence-corrected chi connectivity index (χ1v) is 6.55. The Morgan fingerprint density at radius 1 is 1.44 bits per heavy atom. The minimum absolute atomic E-state index is 0.143. The maximum absolute atomic E-state index is 12.1. The first-order valence-electron chi connectivity index (χ1n) is 6.55. The van der Waals surface area contributed by atoms with Crippen molar-refractivity contribution in [3.63, 3.8) is 0 Å². The third-order valence-corrected chi connectivity index (χ3v) is 3.64. The summed E-state index contributed by atoms with van der Waals surface area (Å²) in [5, 5.41) is 3.39. The largest absolute Gasteiger partial charge is 0.468 e. The molecule has 1 aliphatic carbocycles. The highest BCUT2D eigenvalue weighted by Crippen LogP contribution is 2.31. The lowest BCUT2D eigenvalue weighted by molar-refractivity contribution is -0.152. The summed E-state index contributed by atoms with van der Waals surface area (Å²) in [5.41, 5.74) is -0.566. The molecule has 0 bridgehead atoms. The van der Waals surface area contributed by atoms with Gasteiger partial charge in [0.05, 0.1) is 13.2 Å². The van der Waals surface area contributed by atoms with E-state index in [1.165, 1.54) is 7.11 Å². The molecule has 1 saturated carbocycles. The third-order valence-electron chi connectivity index (χ3n) is 3.64. The predicted octanol–water partition coefficient (Wildman–Crippen LogP) is 0.638. The van der Waals surface area contributed by atoms with Gasteiger partial charge < -0.3 is 19.7 Å². The van der Waals surface area contributed by atoms with Crippen molar-refractivity contribution in [1.29, 1.82) is 0 Å². The van der Waals surface area contributed by atoms with Gasteiger partial charge in [0.1, 0.15) is 5.54 Å². The van der Waals surface area contributed by atoms with Gasteiger partial charge in [0.2, 0.25) is 0 Å². The molecule has 0 aromatic carbocycles. The second-order valence-corrected chi connectivity index (χ2v) is 5.26. The lowest BCUT2D eigenvalue weighted by atomic mass is 9.80. The van der Waals surface area contributed by atoms with Crippen molar-refractivity contribution in [2.75, 3.05) is 41.4 Å². The standard InChI is InChI=1S/C13H26N2O3/c1-15(2)9-8-14-13(12(16)18-4)7-5-6-11(10-13)17-3/h11,14H,5-10H2,1-4H3. The number of rotatable bonds is 6. The van der Waals surface area contributed by atoms with Crippen LogP contribution in [-0.2, 0) is 14.3 Å². The first-order chi connectivity index (χ1) is 8.54. The molecule has 1 rings (SSSR count). The highest BCUT2D eigenvalue weighted by molar-refractivity contribution is 5.81.